The Morgan fingerprint density at radius 3 is 2.40 bits per heavy atom. The van der Waals surface area contributed by atoms with Gasteiger partial charge >= 0.3 is 0 Å². The monoisotopic (exact) mass is 405 g/mol. The maximum atomic E-state index is 13.1. The van der Waals surface area contributed by atoms with Crippen molar-refractivity contribution < 1.29 is 14.0 Å². The number of rotatable bonds is 9. The summed E-state index contributed by atoms with van der Waals surface area (Å²) in [6.07, 6.45) is 1.46. The summed E-state index contributed by atoms with van der Waals surface area (Å²) in [6.45, 7) is 6.03. The molecule has 2 N–H and O–H groups in total. The first-order chi connectivity index (χ1) is 14.6. The summed E-state index contributed by atoms with van der Waals surface area (Å²) >= 11 is 0. The molecule has 30 heavy (non-hydrogen) atoms. The molecule has 3 rings (SSSR count). The molecule has 0 aliphatic rings. The lowest BCUT2D eigenvalue weighted by atomic mass is 10.0. The average Bonchev–Trinajstić information content (AvgIpc) is 3.32. The zero-order valence-corrected chi connectivity index (χ0v) is 17.3. The molecule has 0 spiro atoms. The van der Waals surface area contributed by atoms with Gasteiger partial charge in [0, 0.05) is 12.2 Å². The van der Waals surface area contributed by atoms with Gasteiger partial charge in [-0.25, -0.2) is 0 Å². The Hall–Kier alpha value is -3.38. The van der Waals surface area contributed by atoms with E-state index in [0.717, 1.165) is 24.2 Å². The van der Waals surface area contributed by atoms with Gasteiger partial charge in [-0.3, -0.25) is 14.5 Å². The second kappa shape index (κ2) is 10.4. The molecule has 0 saturated carbocycles. The van der Waals surface area contributed by atoms with Crippen LogP contribution in [0.2, 0.25) is 0 Å². The van der Waals surface area contributed by atoms with Crippen molar-refractivity contribution in [2.75, 3.05) is 18.4 Å². The first-order valence-corrected chi connectivity index (χ1v) is 10.1. The number of nitrogens with zero attached hydrogens (tertiary/aromatic N) is 1. The molecule has 1 heterocycles. The molecular weight excluding hydrogens is 378 g/mol. The fraction of sp³-hybridized carbons (Fsp3) is 0.250. The van der Waals surface area contributed by atoms with Crippen LogP contribution >= 0.6 is 0 Å². The van der Waals surface area contributed by atoms with Gasteiger partial charge in [0.25, 0.3) is 5.91 Å². The van der Waals surface area contributed by atoms with Crippen LogP contribution in [-0.2, 0) is 11.3 Å². The first kappa shape index (κ1) is 21.3. The van der Waals surface area contributed by atoms with E-state index in [-0.39, 0.29) is 23.6 Å². The fourth-order valence-corrected chi connectivity index (χ4v) is 3.40. The quantitative estimate of drug-likeness (QED) is 0.559. The predicted octanol–water partition coefficient (Wildman–Crippen LogP) is 4.23. The summed E-state index contributed by atoms with van der Waals surface area (Å²) in [5.41, 5.74) is 2.51. The zero-order valence-electron chi connectivity index (χ0n) is 17.3. The van der Waals surface area contributed by atoms with Crippen LogP contribution in [0.5, 0.6) is 0 Å². The highest BCUT2D eigenvalue weighted by molar-refractivity contribution is 6.02. The van der Waals surface area contributed by atoms with Crippen molar-refractivity contribution in [3.63, 3.8) is 0 Å². The second-order valence-corrected chi connectivity index (χ2v) is 6.88. The Kier molecular flexibility index (Phi) is 7.40. The average molecular weight is 405 g/mol. The summed E-state index contributed by atoms with van der Waals surface area (Å²) in [4.78, 5) is 27.3. The van der Waals surface area contributed by atoms with Gasteiger partial charge in [0.15, 0.2) is 5.76 Å². The Morgan fingerprint density at radius 2 is 1.73 bits per heavy atom. The summed E-state index contributed by atoms with van der Waals surface area (Å²) in [5.74, 6) is -0.111. The van der Waals surface area contributed by atoms with Crippen molar-refractivity contribution in [3.8, 4) is 0 Å². The van der Waals surface area contributed by atoms with Gasteiger partial charge in [-0.2, -0.15) is 0 Å². The van der Waals surface area contributed by atoms with Gasteiger partial charge in [0.1, 0.15) is 6.04 Å². The summed E-state index contributed by atoms with van der Waals surface area (Å²) in [7, 11) is 0. The molecule has 1 unspecified atom stereocenters. The van der Waals surface area contributed by atoms with Crippen LogP contribution in [0.1, 0.15) is 41.6 Å². The van der Waals surface area contributed by atoms with Gasteiger partial charge in [-0.05, 0) is 48.5 Å². The van der Waals surface area contributed by atoms with E-state index in [9.17, 15) is 9.59 Å². The van der Waals surface area contributed by atoms with E-state index < -0.39 is 0 Å². The highest BCUT2D eigenvalue weighted by atomic mass is 16.3. The molecule has 0 aliphatic heterocycles. The lowest BCUT2D eigenvalue weighted by molar-refractivity contribution is -0.126. The molecule has 6 nitrogen and oxygen atoms in total. The van der Waals surface area contributed by atoms with E-state index in [2.05, 4.69) is 29.4 Å². The SMILES string of the molecule is CCN(CC)C(C(=O)NCc1cccc(NC(=O)c2ccco2)c1)c1ccccc1. The lowest BCUT2D eigenvalue weighted by Gasteiger charge is -2.29. The topological polar surface area (TPSA) is 74.6 Å². The van der Waals surface area contributed by atoms with E-state index in [1.807, 2.05) is 48.5 Å². The van der Waals surface area contributed by atoms with Gasteiger partial charge in [-0.15, -0.1) is 0 Å². The number of furan rings is 1. The van der Waals surface area contributed by atoms with E-state index >= 15 is 0 Å². The number of carbonyl (C=O) groups is 2. The molecule has 1 aromatic heterocycles. The minimum Gasteiger partial charge on any atom is -0.459 e. The number of anilines is 1. The number of carbonyl (C=O) groups excluding carboxylic acids is 2. The Bertz CT molecular complexity index is 951. The van der Waals surface area contributed by atoms with Gasteiger partial charge in [0.2, 0.25) is 5.91 Å². The molecule has 2 aromatic carbocycles. The fourth-order valence-electron chi connectivity index (χ4n) is 3.40. The van der Waals surface area contributed by atoms with Crippen LogP contribution in [0.15, 0.2) is 77.4 Å². The molecule has 0 radical (unpaired) electrons. The highest BCUT2D eigenvalue weighted by Crippen LogP contribution is 2.21. The van der Waals surface area contributed by atoms with Gasteiger partial charge in [-0.1, -0.05) is 56.3 Å². The largest absolute Gasteiger partial charge is 0.459 e. The van der Waals surface area contributed by atoms with E-state index in [0.29, 0.717) is 12.2 Å². The number of nitrogens with one attached hydrogen (secondary N) is 2. The molecule has 0 saturated heterocycles. The minimum atomic E-state index is -0.344. The maximum absolute atomic E-state index is 13.1. The molecule has 156 valence electrons. The number of likely N-dealkylation sites (N-methyl/N-ethyl adjacent to an activating group) is 1. The number of hydrogen-bond acceptors (Lipinski definition) is 4. The van der Waals surface area contributed by atoms with E-state index in [4.69, 9.17) is 4.42 Å². The van der Waals surface area contributed by atoms with Gasteiger partial charge in [0.05, 0.1) is 6.26 Å². The van der Waals surface area contributed by atoms with Crippen molar-refractivity contribution in [3.05, 3.63) is 89.9 Å². The van der Waals surface area contributed by atoms with Crippen LogP contribution in [-0.4, -0.2) is 29.8 Å². The van der Waals surface area contributed by atoms with E-state index in [1.54, 1.807) is 18.2 Å². The Balaban J connectivity index is 1.67. The number of benzene rings is 2. The molecule has 1 atom stereocenters. The Morgan fingerprint density at radius 1 is 0.967 bits per heavy atom. The molecule has 3 aromatic rings. The summed E-state index contributed by atoms with van der Waals surface area (Å²) in [5, 5.41) is 5.85. The molecule has 0 aliphatic carbocycles. The van der Waals surface area contributed by atoms with Crippen LogP contribution in [0.25, 0.3) is 0 Å². The van der Waals surface area contributed by atoms with Crippen LogP contribution in [0.3, 0.4) is 0 Å². The van der Waals surface area contributed by atoms with Crippen molar-refractivity contribution >= 4 is 17.5 Å². The third-order valence-corrected chi connectivity index (χ3v) is 4.94. The van der Waals surface area contributed by atoms with Crippen LogP contribution in [0, 0.1) is 0 Å². The first-order valence-electron chi connectivity index (χ1n) is 10.1. The van der Waals surface area contributed by atoms with Crippen molar-refractivity contribution in [2.45, 2.75) is 26.4 Å². The lowest BCUT2D eigenvalue weighted by Crippen LogP contribution is -2.40. The summed E-state index contributed by atoms with van der Waals surface area (Å²) in [6, 6.07) is 20.1. The highest BCUT2D eigenvalue weighted by Gasteiger charge is 2.25. The molecular formula is C24H27N3O3. The zero-order chi connectivity index (χ0) is 21.3. The summed E-state index contributed by atoms with van der Waals surface area (Å²) < 4.78 is 5.12. The van der Waals surface area contributed by atoms with E-state index in [1.165, 1.54) is 6.26 Å². The van der Waals surface area contributed by atoms with Crippen molar-refractivity contribution in [2.24, 2.45) is 0 Å². The van der Waals surface area contributed by atoms with Crippen LogP contribution < -0.4 is 10.6 Å². The number of hydrogen-bond donors (Lipinski definition) is 2. The normalized spacial score (nSPS) is 11.8. The molecule has 2 amide bonds. The minimum absolute atomic E-state index is 0.0464. The number of amides is 2. The second-order valence-electron chi connectivity index (χ2n) is 6.88. The van der Waals surface area contributed by atoms with Crippen molar-refractivity contribution in [1.29, 1.82) is 0 Å². The third kappa shape index (κ3) is 5.36. The maximum Gasteiger partial charge on any atom is 0.291 e. The van der Waals surface area contributed by atoms with Gasteiger partial charge < -0.3 is 15.1 Å². The molecule has 0 bridgehead atoms. The standard InChI is InChI=1S/C24H27N3O3/c1-3-27(4-2)22(19-11-6-5-7-12-19)24(29)25-17-18-10-8-13-20(16-18)26-23(28)21-14-9-15-30-21/h5-16,22H,3-4,17H2,1-2H3,(H,25,29)(H,26,28). The molecule has 6 heteroatoms. The Labute approximate surface area is 176 Å². The smallest absolute Gasteiger partial charge is 0.291 e. The van der Waals surface area contributed by atoms with Crippen molar-refractivity contribution in [1.82, 2.24) is 10.2 Å². The van der Waals surface area contributed by atoms with Crippen LogP contribution in [0.4, 0.5) is 5.69 Å². The third-order valence-electron chi connectivity index (χ3n) is 4.94. The predicted molar refractivity (Wildman–Crippen MR) is 117 cm³/mol. The molecule has 0 fully saturated rings.